The van der Waals surface area contributed by atoms with Crippen LogP contribution in [0.2, 0.25) is 0 Å². The highest BCUT2D eigenvalue weighted by Gasteiger charge is 2.14. The maximum atomic E-state index is 5.24. The fourth-order valence-corrected chi connectivity index (χ4v) is 3.66. The third-order valence-corrected chi connectivity index (χ3v) is 5.46. The molecular weight excluding hydrogens is 364 g/mol. The molecule has 0 spiro atoms. The summed E-state index contributed by atoms with van der Waals surface area (Å²) in [5.41, 5.74) is 1.32. The molecule has 3 rings (SSSR count). The van der Waals surface area contributed by atoms with Gasteiger partial charge in [-0.05, 0) is 49.8 Å². The minimum Gasteiger partial charge on any atom is -0.497 e. The molecule has 29 heavy (non-hydrogen) atoms. The third kappa shape index (κ3) is 5.95. The number of hydrogen-bond donors (Lipinski definition) is 2. The second-order valence-electron chi connectivity index (χ2n) is 7.58. The Morgan fingerprint density at radius 2 is 2.00 bits per heavy atom. The van der Waals surface area contributed by atoms with E-state index >= 15 is 0 Å². The van der Waals surface area contributed by atoms with Crippen LogP contribution in [0.15, 0.2) is 29.3 Å². The molecule has 0 fully saturated rings. The molecule has 2 N–H and O–H groups in total. The number of aliphatic imine (C=N–C) groups is 1. The van der Waals surface area contributed by atoms with Crippen molar-refractivity contribution in [1.82, 2.24) is 25.4 Å². The van der Waals surface area contributed by atoms with Crippen molar-refractivity contribution in [2.75, 3.05) is 20.2 Å². The molecule has 7 heteroatoms. The van der Waals surface area contributed by atoms with Crippen molar-refractivity contribution in [2.24, 2.45) is 4.99 Å². The summed E-state index contributed by atoms with van der Waals surface area (Å²) in [4.78, 5) is 4.74. The van der Waals surface area contributed by atoms with Gasteiger partial charge in [0.2, 0.25) is 0 Å². The van der Waals surface area contributed by atoms with E-state index in [0.29, 0.717) is 12.5 Å². The number of guanidine groups is 1. The number of fused-ring (bicyclic) bond motifs is 1. The molecule has 1 aromatic carbocycles. The number of rotatable bonds is 8. The van der Waals surface area contributed by atoms with Crippen molar-refractivity contribution in [3.63, 3.8) is 0 Å². The number of nitrogens with one attached hydrogen (secondary N) is 2. The molecule has 1 aliphatic rings. The fourth-order valence-electron chi connectivity index (χ4n) is 3.66. The highest BCUT2D eigenvalue weighted by atomic mass is 16.5. The van der Waals surface area contributed by atoms with E-state index in [-0.39, 0.29) is 0 Å². The van der Waals surface area contributed by atoms with E-state index in [4.69, 9.17) is 9.73 Å². The zero-order chi connectivity index (χ0) is 20.5. The van der Waals surface area contributed by atoms with Gasteiger partial charge in [0.25, 0.3) is 0 Å². The number of nitrogens with zero attached hydrogens (tertiary/aromatic N) is 4. The molecule has 1 atom stereocenters. The van der Waals surface area contributed by atoms with Gasteiger partial charge < -0.3 is 19.9 Å². The van der Waals surface area contributed by atoms with Crippen LogP contribution in [0.25, 0.3) is 0 Å². The lowest BCUT2D eigenvalue weighted by molar-refractivity contribution is 0.414. The van der Waals surface area contributed by atoms with Crippen LogP contribution >= 0.6 is 0 Å². The predicted molar refractivity (Wildman–Crippen MR) is 116 cm³/mol. The number of benzene rings is 1. The summed E-state index contributed by atoms with van der Waals surface area (Å²) in [7, 11) is 1.70. The van der Waals surface area contributed by atoms with Gasteiger partial charge in [0.05, 0.1) is 7.11 Å². The van der Waals surface area contributed by atoms with E-state index in [0.717, 1.165) is 55.8 Å². The molecule has 0 saturated heterocycles. The van der Waals surface area contributed by atoms with Gasteiger partial charge in [-0.1, -0.05) is 25.5 Å². The van der Waals surface area contributed by atoms with Gasteiger partial charge in [0.15, 0.2) is 11.8 Å². The minimum absolute atomic E-state index is 0.462. The summed E-state index contributed by atoms with van der Waals surface area (Å²) in [5.74, 6) is 4.26. The predicted octanol–water partition coefficient (Wildman–Crippen LogP) is 3.26. The monoisotopic (exact) mass is 398 g/mol. The molecule has 0 saturated carbocycles. The van der Waals surface area contributed by atoms with Crippen molar-refractivity contribution < 1.29 is 4.74 Å². The summed E-state index contributed by atoms with van der Waals surface area (Å²) in [5, 5.41) is 15.5. The van der Waals surface area contributed by atoms with Gasteiger partial charge in [-0.2, -0.15) is 0 Å². The molecule has 0 aliphatic carbocycles. The van der Waals surface area contributed by atoms with E-state index in [9.17, 15) is 0 Å². The van der Waals surface area contributed by atoms with Gasteiger partial charge in [-0.3, -0.25) is 0 Å². The fraction of sp³-hybridized carbons (Fsp3) is 0.591. The molecule has 0 bridgehead atoms. The largest absolute Gasteiger partial charge is 0.497 e. The van der Waals surface area contributed by atoms with Gasteiger partial charge in [-0.25, -0.2) is 4.99 Å². The summed E-state index contributed by atoms with van der Waals surface area (Å²) >= 11 is 0. The van der Waals surface area contributed by atoms with Gasteiger partial charge >= 0.3 is 0 Å². The Hall–Kier alpha value is -2.57. The Kier molecular flexibility index (Phi) is 7.90. The number of aromatic nitrogens is 3. The normalized spacial score (nSPS) is 15.3. The zero-order valence-electron chi connectivity index (χ0n) is 17.9. The highest BCUT2D eigenvalue weighted by Crippen LogP contribution is 2.21. The smallest absolute Gasteiger partial charge is 0.191 e. The Morgan fingerprint density at radius 3 is 2.76 bits per heavy atom. The molecule has 0 amide bonds. The van der Waals surface area contributed by atoms with Crippen molar-refractivity contribution in [3.05, 3.63) is 41.5 Å². The lowest BCUT2D eigenvalue weighted by atomic mass is 9.98. The first-order chi connectivity index (χ1) is 14.2. The highest BCUT2D eigenvalue weighted by molar-refractivity contribution is 5.79. The Morgan fingerprint density at radius 1 is 1.17 bits per heavy atom. The van der Waals surface area contributed by atoms with Crippen LogP contribution in [-0.2, 0) is 19.5 Å². The molecule has 2 heterocycles. The molecule has 7 nitrogen and oxygen atoms in total. The van der Waals surface area contributed by atoms with Crippen LogP contribution in [0.3, 0.4) is 0 Å². The number of methoxy groups -OCH3 is 1. The van der Waals surface area contributed by atoms with Crippen LogP contribution in [0, 0.1) is 0 Å². The molecular formula is C22H34N6O. The van der Waals surface area contributed by atoms with Crippen molar-refractivity contribution in [2.45, 2.75) is 65.0 Å². The standard InChI is InChI=1S/C22H34N6O/c1-4-23-22(24-14-13-17(2)18-9-11-19(29-3)12-10-18)25-16-21-27-26-20-8-6-5-7-15-28(20)21/h9-12,17H,4-8,13-16H2,1-3H3,(H2,23,24,25). The average molecular weight is 399 g/mol. The zero-order valence-corrected chi connectivity index (χ0v) is 17.9. The molecule has 0 radical (unpaired) electrons. The topological polar surface area (TPSA) is 76.4 Å². The van der Waals surface area contributed by atoms with Crippen LogP contribution in [0.1, 0.15) is 62.7 Å². The first kappa shape index (κ1) is 21.1. The molecule has 2 aromatic rings. The SMILES string of the molecule is CCNC(=NCc1nnc2n1CCCCC2)NCCC(C)c1ccc(OC)cc1. The van der Waals surface area contributed by atoms with Crippen LogP contribution in [0.5, 0.6) is 5.75 Å². The van der Waals surface area contributed by atoms with E-state index in [1.54, 1.807) is 7.11 Å². The average Bonchev–Trinajstić information content (AvgIpc) is 2.97. The maximum Gasteiger partial charge on any atom is 0.191 e. The molecule has 1 unspecified atom stereocenters. The lowest BCUT2D eigenvalue weighted by Crippen LogP contribution is -2.38. The second kappa shape index (κ2) is 10.8. The third-order valence-electron chi connectivity index (χ3n) is 5.46. The van der Waals surface area contributed by atoms with E-state index in [1.165, 1.54) is 24.8 Å². The first-order valence-electron chi connectivity index (χ1n) is 10.8. The molecule has 1 aromatic heterocycles. The second-order valence-corrected chi connectivity index (χ2v) is 7.58. The Labute approximate surface area is 174 Å². The summed E-state index contributed by atoms with van der Waals surface area (Å²) in [6, 6.07) is 8.32. The van der Waals surface area contributed by atoms with Gasteiger partial charge in [0.1, 0.15) is 18.1 Å². The van der Waals surface area contributed by atoms with E-state index < -0.39 is 0 Å². The number of aryl methyl sites for hydroxylation is 1. The maximum absolute atomic E-state index is 5.24. The van der Waals surface area contributed by atoms with Crippen molar-refractivity contribution in [1.29, 1.82) is 0 Å². The Bertz CT molecular complexity index is 783. The quantitative estimate of drug-likeness (QED) is 0.527. The van der Waals surface area contributed by atoms with Crippen LogP contribution < -0.4 is 15.4 Å². The summed E-state index contributed by atoms with van der Waals surface area (Å²) in [6.45, 7) is 7.58. The lowest BCUT2D eigenvalue weighted by Gasteiger charge is -2.15. The molecule has 1 aliphatic heterocycles. The van der Waals surface area contributed by atoms with Gasteiger partial charge in [-0.15, -0.1) is 10.2 Å². The van der Waals surface area contributed by atoms with Crippen LogP contribution in [-0.4, -0.2) is 40.9 Å². The van der Waals surface area contributed by atoms with Crippen molar-refractivity contribution >= 4 is 5.96 Å². The Balaban J connectivity index is 1.53. The summed E-state index contributed by atoms with van der Waals surface area (Å²) in [6.07, 6.45) is 5.72. The van der Waals surface area contributed by atoms with Crippen molar-refractivity contribution in [3.8, 4) is 5.75 Å². The number of hydrogen-bond acceptors (Lipinski definition) is 4. The van der Waals surface area contributed by atoms with Gasteiger partial charge in [0, 0.05) is 26.1 Å². The van der Waals surface area contributed by atoms with Crippen LogP contribution in [0.4, 0.5) is 0 Å². The molecule has 158 valence electrons. The first-order valence-corrected chi connectivity index (χ1v) is 10.8. The summed E-state index contributed by atoms with van der Waals surface area (Å²) < 4.78 is 7.50. The number of ether oxygens (including phenoxy) is 1. The van der Waals surface area contributed by atoms with E-state index in [1.807, 2.05) is 12.1 Å². The van der Waals surface area contributed by atoms with E-state index in [2.05, 4.69) is 51.4 Å². The minimum atomic E-state index is 0.462.